The van der Waals surface area contributed by atoms with Gasteiger partial charge in [0.05, 0.1) is 11.0 Å². The molecule has 1 heterocycles. The van der Waals surface area contributed by atoms with Gasteiger partial charge in [0.15, 0.2) is 0 Å². The summed E-state index contributed by atoms with van der Waals surface area (Å²) in [6, 6.07) is 2.52. The number of nitro groups is 1. The fourth-order valence-electron chi connectivity index (χ4n) is 2.07. The Balaban J connectivity index is 2.36. The van der Waals surface area contributed by atoms with E-state index in [2.05, 4.69) is 5.32 Å². The smallest absolute Gasteiger partial charge is 0.272 e. The highest BCUT2D eigenvalue weighted by molar-refractivity contribution is 7.89. The monoisotopic (exact) mass is 303 g/mol. The molecule has 0 spiro atoms. The second kappa shape index (κ2) is 5.43. The van der Waals surface area contributed by atoms with Crippen LogP contribution in [0.2, 0.25) is 0 Å². The Morgan fingerprint density at radius 3 is 2.75 bits per heavy atom. The van der Waals surface area contributed by atoms with Crippen LogP contribution >= 0.6 is 0 Å². The molecule has 1 saturated heterocycles. The zero-order valence-corrected chi connectivity index (χ0v) is 11.6. The molecular weight excluding hydrogens is 289 g/mol. The summed E-state index contributed by atoms with van der Waals surface area (Å²) in [4.78, 5) is 9.23. The summed E-state index contributed by atoms with van der Waals surface area (Å²) in [5.41, 5.74) is -0.477. The maximum Gasteiger partial charge on any atom is 0.272 e. The Morgan fingerprint density at radius 1 is 1.50 bits per heavy atom. The molecule has 0 aliphatic carbocycles. The van der Waals surface area contributed by atoms with Crippen LogP contribution in [0.25, 0.3) is 0 Å². The molecule has 0 saturated carbocycles. The van der Waals surface area contributed by atoms with Crippen LogP contribution in [0, 0.1) is 15.9 Å². The second-order valence-electron chi connectivity index (χ2n) is 4.59. The first-order chi connectivity index (χ1) is 9.32. The summed E-state index contributed by atoms with van der Waals surface area (Å²) < 4.78 is 39.7. The summed E-state index contributed by atoms with van der Waals surface area (Å²) in [5, 5.41) is 13.6. The number of halogens is 1. The average Bonchev–Trinajstić information content (AvgIpc) is 2.38. The van der Waals surface area contributed by atoms with E-state index in [1.54, 1.807) is 0 Å². The lowest BCUT2D eigenvalue weighted by Crippen LogP contribution is -2.51. The van der Waals surface area contributed by atoms with Crippen molar-refractivity contribution < 1.29 is 17.7 Å². The predicted octanol–water partition coefficient (Wildman–Crippen LogP) is 0.716. The summed E-state index contributed by atoms with van der Waals surface area (Å²) in [5.74, 6) is -1.11. The van der Waals surface area contributed by atoms with E-state index in [1.807, 2.05) is 6.92 Å². The SMILES string of the molecule is C[C@@H]1CN(S(=O)(=O)c2ccc([N+](=O)[O-])cc2F)CCN1. The predicted molar refractivity (Wildman–Crippen MR) is 69.3 cm³/mol. The number of nitrogens with one attached hydrogen (secondary N) is 1. The molecule has 20 heavy (non-hydrogen) atoms. The van der Waals surface area contributed by atoms with Crippen molar-refractivity contribution in [2.75, 3.05) is 19.6 Å². The molecule has 9 heteroatoms. The maximum absolute atomic E-state index is 13.8. The van der Waals surface area contributed by atoms with Crippen LogP contribution in [0.5, 0.6) is 0 Å². The van der Waals surface area contributed by atoms with E-state index in [1.165, 1.54) is 4.31 Å². The van der Waals surface area contributed by atoms with Gasteiger partial charge in [0, 0.05) is 31.7 Å². The first kappa shape index (κ1) is 14.8. The zero-order valence-electron chi connectivity index (χ0n) is 10.7. The Morgan fingerprint density at radius 2 is 2.20 bits per heavy atom. The summed E-state index contributed by atoms with van der Waals surface area (Å²) in [6.45, 7) is 2.78. The van der Waals surface area contributed by atoms with Crippen molar-refractivity contribution in [2.45, 2.75) is 17.9 Å². The van der Waals surface area contributed by atoms with Crippen molar-refractivity contribution in [3.63, 3.8) is 0 Å². The highest BCUT2D eigenvalue weighted by Gasteiger charge is 2.31. The summed E-state index contributed by atoms with van der Waals surface area (Å²) in [7, 11) is -3.97. The van der Waals surface area contributed by atoms with Gasteiger partial charge < -0.3 is 5.32 Å². The molecule has 1 N–H and O–H groups in total. The van der Waals surface area contributed by atoms with Crippen LogP contribution in [0.15, 0.2) is 23.1 Å². The Kier molecular flexibility index (Phi) is 4.02. The molecule has 0 bridgehead atoms. The van der Waals surface area contributed by atoms with Crippen LogP contribution < -0.4 is 5.32 Å². The van der Waals surface area contributed by atoms with Gasteiger partial charge in [-0.15, -0.1) is 0 Å². The third-order valence-electron chi connectivity index (χ3n) is 3.08. The number of benzene rings is 1. The second-order valence-corrected chi connectivity index (χ2v) is 6.50. The first-order valence-electron chi connectivity index (χ1n) is 6.00. The van der Waals surface area contributed by atoms with Gasteiger partial charge in [0.25, 0.3) is 5.69 Å². The number of nitro benzene ring substituents is 1. The molecule has 7 nitrogen and oxygen atoms in total. The molecule has 0 amide bonds. The largest absolute Gasteiger partial charge is 0.312 e. The van der Waals surface area contributed by atoms with Gasteiger partial charge in [-0.2, -0.15) is 4.31 Å². The van der Waals surface area contributed by atoms with Crippen molar-refractivity contribution in [2.24, 2.45) is 0 Å². The number of rotatable bonds is 3. The van der Waals surface area contributed by atoms with Crippen LogP contribution in [0.4, 0.5) is 10.1 Å². The van der Waals surface area contributed by atoms with Gasteiger partial charge in [0.1, 0.15) is 10.7 Å². The van der Waals surface area contributed by atoms with E-state index >= 15 is 0 Å². The van der Waals surface area contributed by atoms with Crippen molar-refractivity contribution in [1.29, 1.82) is 0 Å². The maximum atomic E-state index is 13.8. The van der Waals surface area contributed by atoms with Crippen molar-refractivity contribution >= 4 is 15.7 Å². The molecular formula is C11H14FN3O4S. The number of nitrogens with zero attached hydrogens (tertiary/aromatic N) is 2. The third kappa shape index (κ3) is 2.79. The molecule has 1 fully saturated rings. The minimum Gasteiger partial charge on any atom is -0.312 e. The minimum absolute atomic E-state index is 0.0281. The van der Waals surface area contributed by atoms with Crippen LogP contribution in [-0.4, -0.2) is 43.3 Å². The minimum atomic E-state index is -3.97. The van der Waals surface area contributed by atoms with E-state index in [9.17, 15) is 22.9 Å². The van der Waals surface area contributed by atoms with E-state index in [0.717, 1.165) is 12.1 Å². The van der Waals surface area contributed by atoms with Crippen LogP contribution in [-0.2, 0) is 10.0 Å². The lowest BCUT2D eigenvalue weighted by atomic mass is 10.3. The highest BCUT2D eigenvalue weighted by atomic mass is 32.2. The quantitative estimate of drug-likeness (QED) is 0.656. The molecule has 1 atom stereocenters. The lowest BCUT2D eigenvalue weighted by Gasteiger charge is -2.31. The lowest BCUT2D eigenvalue weighted by molar-refractivity contribution is -0.385. The van der Waals surface area contributed by atoms with Crippen molar-refractivity contribution in [1.82, 2.24) is 9.62 Å². The van der Waals surface area contributed by atoms with Gasteiger partial charge in [0.2, 0.25) is 10.0 Å². The Hall–Kier alpha value is -1.58. The highest BCUT2D eigenvalue weighted by Crippen LogP contribution is 2.24. The normalized spacial score (nSPS) is 20.8. The Labute approximate surface area is 115 Å². The topological polar surface area (TPSA) is 92.5 Å². The molecule has 1 aliphatic heterocycles. The van der Waals surface area contributed by atoms with E-state index < -0.39 is 31.3 Å². The van der Waals surface area contributed by atoms with Gasteiger partial charge in [-0.1, -0.05) is 0 Å². The number of non-ortho nitro benzene ring substituents is 1. The van der Waals surface area contributed by atoms with Gasteiger partial charge in [-0.25, -0.2) is 12.8 Å². The van der Waals surface area contributed by atoms with E-state index in [-0.39, 0.29) is 19.1 Å². The van der Waals surface area contributed by atoms with Crippen molar-refractivity contribution in [3.8, 4) is 0 Å². The van der Waals surface area contributed by atoms with Gasteiger partial charge in [-0.05, 0) is 13.0 Å². The van der Waals surface area contributed by atoms with Gasteiger partial charge >= 0.3 is 0 Å². The average molecular weight is 303 g/mol. The molecule has 1 aromatic carbocycles. The van der Waals surface area contributed by atoms with E-state index in [4.69, 9.17) is 0 Å². The van der Waals surface area contributed by atoms with Crippen molar-refractivity contribution in [3.05, 3.63) is 34.1 Å². The fraction of sp³-hybridized carbons (Fsp3) is 0.455. The summed E-state index contributed by atoms with van der Waals surface area (Å²) in [6.07, 6.45) is 0. The standard InChI is InChI=1S/C11H14FN3O4S/c1-8-7-14(5-4-13-8)20(18,19)11-3-2-9(15(16)17)6-10(11)12/h2-3,6,8,13H,4-5,7H2,1H3/t8-/m1/s1. The molecule has 0 aromatic heterocycles. The first-order valence-corrected chi connectivity index (χ1v) is 7.44. The van der Waals surface area contributed by atoms with Crippen LogP contribution in [0.3, 0.4) is 0 Å². The van der Waals surface area contributed by atoms with Crippen LogP contribution in [0.1, 0.15) is 6.92 Å². The molecule has 1 aliphatic rings. The molecule has 1 aromatic rings. The third-order valence-corrected chi connectivity index (χ3v) is 4.97. The molecule has 2 rings (SSSR count). The zero-order chi connectivity index (χ0) is 14.9. The molecule has 0 unspecified atom stereocenters. The fourth-order valence-corrected chi connectivity index (χ4v) is 3.64. The molecule has 0 radical (unpaired) electrons. The number of piperazine rings is 1. The Bertz CT molecular complexity index is 635. The number of sulfonamides is 1. The molecule has 110 valence electrons. The number of hydrogen-bond acceptors (Lipinski definition) is 5. The van der Waals surface area contributed by atoms with E-state index in [0.29, 0.717) is 12.6 Å². The number of hydrogen-bond donors (Lipinski definition) is 1. The van der Waals surface area contributed by atoms with Gasteiger partial charge in [-0.3, -0.25) is 10.1 Å². The summed E-state index contributed by atoms with van der Waals surface area (Å²) >= 11 is 0.